The number of rotatable bonds is 6. The summed E-state index contributed by atoms with van der Waals surface area (Å²) in [6.45, 7) is 1.35. The van der Waals surface area contributed by atoms with Gasteiger partial charge in [-0.3, -0.25) is 9.48 Å². The van der Waals surface area contributed by atoms with E-state index in [1.807, 2.05) is 0 Å². The van der Waals surface area contributed by atoms with Gasteiger partial charge in [0.1, 0.15) is 11.6 Å². The van der Waals surface area contributed by atoms with Gasteiger partial charge in [0.15, 0.2) is 5.69 Å². The minimum absolute atomic E-state index is 0.0394. The van der Waals surface area contributed by atoms with E-state index in [1.54, 1.807) is 30.3 Å². The quantitative estimate of drug-likeness (QED) is 0.327. The van der Waals surface area contributed by atoms with Gasteiger partial charge in [0.05, 0.1) is 31.2 Å². The molecule has 4 aromatic rings. The lowest BCUT2D eigenvalue weighted by Crippen LogP contribution is -2.40. The van der Waals surface area contributed by atoms with Crippen LogP contribution < -0.4 is 9.27 Å². The molecule has 0 aliphatic carbocycles. The highest BCUT2D eigenvalue weighted by atomic mass is 35.5. The molecular weight excluding hydrogens is 571 g/mol. The molecule has 0 unspecified atom stereocenters. The third-order valence-electron chi connectivity index (χ3n) is 5.52. The lowest BCUT2D eigenvalue weighted by molar-refractivity contribution is 0.583. The van der Waals surface area contributed by atoms with Crippen molar-refractivity contribution in [1.29, 1.82) is 0 Å². The number of anilines is 1. The molecule has 8 nitrogen and oxygen atoms in total. The minimum atomic E-state index is -5.12. The molecule has 0 radical (unpaired) electrons. The molecule has 1 aromatic heterocycles. The summed E-state index contributed by atoms with van der Waals surface area (Å²) in [6.07, 6.45) is 0. The minimum Gasteiger partial charge on any atom is -0.283 e. The molecule has 0 saturated carbocycles. The highest BCUT2D eigenvalue weighted by molar-refractivity contribution is 8.10. The highest BCUT2D eigenvalue weighted by Crippen LogP contribution is 2.34. The Hall–Kier alpha value is -3.19. The molecule has 4 rings (SSSR count). The fourth-order valence-corrected chi connectivity index (χ4v) is 7.94. The molecule has 194 valence electrons. The number of para-hydroxylation sites is 1. The largest absolute Gasteiger partial charge is 0.297 e. The number of halogens is 4. The SMILES string of the molecule is Cc1c(N(S(=O)(=O)c2ccc(F)c(Cl)c2)S(=O)(=O)c2ccc(F)c(Cl)c2)c(=O)n(-c2ccccc2)n1C. The second-order valence-corrected chi connectivity index (χ2v) is 12.4. The summed E-state index contributed by atoms with van der Waals surface area (Å²) in [5.41, 5.74) is -1.43. The number of nitrogens with zero attached hydrogens (tertiary/aromatic N) is 3. The van der Waals surface area contributed by atoms with Crippen molar-refractivity contribution in [2.45, 2.75) is 16.7 Å². The maximum absolute atomic E-state index is 13.8. The van der Waals surface area contributed by atoms with E-state index in [2.05, 4.69) is 0 Å². The first-order valence-electron chi connectivity index (χ1n) is 10.3. The van der Waals surface area contributed by atoms with E-state index >= 15 is 0 Å². The molecule has 0 amide bonds. The van der Waals surface area contributed by atoms with Gasteiger partial charge in [-0.2, -0.15) is 0 Å². The van der Waals surface area contributed by atoms with Gasteiger partial charge in [-0.1, -0.05) is 41.4 Å². The maximum Gasteiger partial charge on any atom is 0.297 e. The van der Waals surface area contributed by atoms with Crippen molar-refractivity contribution in [2.75, 3.05) is 3.71 Å². The van der Waals surface area contributed by atoms with Gasteiger partial charge in [-0.05, 0) is 55.5 Å². The fraction of sp³-hybridized carbons (Fsp3) is 0.0870. The van der Waals surface area contributed by atoms with Crippen LogP contribution in [0.15, 0.2) is 81.3 Å². The van der Waals surface area contributed by atoms with Crippen LogP contribution in [-0.4, -0.2) is 26.2 Å². The van der Waals surface area contributed by atoms with Crippen LogP contribution in [0.2, 0.25) is 10.0 Å². The van der Waals surface area contributed by atoms with Crippen molar-refractivity contribution < 1.29 is 25.6 Å². The average Bonchev–Trinajstić information content (AvgIpc) is 3.06. The van der Waals surface area contributed by atoms with E-state index in [-0.39, 0.29) is 9.40 Å². The van der Waals surface area contributed by atoms with Crippen molar-refractivity contribution in [2.24, 2.45) is 7.05 Å². The molecule has 0 aliphatic heterocycles. The van der Waals surface area contributed by atoms with Crippen LogP contribution in [0.4, 0.5) is 14.5 Å². The van der Waals surface area contributed by atoms with E-state index in [4.69, 9.17) is 23.2 Å². The van der Waals surface area contributed by atoms with Crippen LogP contribution in [0, 0.1) is 18.6 Å². The zero-order valence-corrected chi connectivity index (χ0v) is 22.2. The highest BCUT2D eigenvalue weighted by Gasteiger charge is 2.42. The van der Waals surface area contributed by atoms with Crippen molar-refractivity contribution in [3.05, 3.63) is 104 Å². The van der Waals surface area contributed by atoms with Crippen LogP contribution in [0.1, 0.15) is 5.69 Å². The summed E-state index contributed by atoms with van der Waals surface area (Å²) in [5, 5.41) is -1.18. The first-order valence-corrected chi connectivity index (χ1v) is 14.0. The van der Waals surface area contributed by atoms with Crippen LogP contribution in [0.25, 0.3) is 5.69 Å². The van der Waals surface area contributed by atoms with Crippen LogP contribution in [0.3, 0.4) is 0 Å². The molecule has 0 spiro atoms. The molecule has 0 bridgehead atoms. The standard InChI is InChI=1S/C23H17Cl2F2N3O5S2/c1-14-22(23(31)29(28(14)2)15-6-4-3-5-7-15)30(36(32,33)16-8-10-20(26)18(24)12-16)37(34,35)17-9-11-21(27)19(25)13-17/h3-13H,1-2H3. The number of hydrogen-bond acceptors (Lipinski definition) is 5. The van der Waals surface area contributed by atoms with E-state index in [0.29, 0.717) is 5.69 Å². The second-order valence-electron chi connectivity index (χ2n) is 7.77. The first kappa shape index (κ1) is 26.9. The van der Waals surface area contributed by atoms with Gasteiger partial charge in [-0.25, -0.2) is 30.3 Å². The topological polar surface area (TPSA) is 98.5 Å². The van der Waals surface area contributed by atoms with E-state index in [0.717, 1.165) is 41.1 Å². The summed E-state index contributed by atoms with van der Waals surface area (Å²) >= 11 is 11.6. The summed E-state index contributed by atoms with van der Waals surface area (Å²) < 4.78 is 85.2. The van der Waals surface area contributed by atoms with Gasteiger partial charge in [0, 0.05) is 7.05 Å². The maximum atomic E-state index is 13.8. The van der Waals surface area contributed by atoms with Crippen LogP contribution in [-0.2, 0) is 27.1 Å². The van der Waals surface area contributed by atoms with Crippen LogP contribution in [0.5, 0.6) is 0 Å². The number of hydrogen-bond donors (Lipinski definition) is 0. The van der Waals surface area contributed by atoms with E-state index in [1.165, 1.54) is 18.7 Å². The Balaban J connectivity index is 2.09. The number of benzene rings is 3. The van der Waals surface area contributed by atoms with Gasteiger partial charge in [0.25, 0.3) is 25.6 Å². The summed E-state index contributed by atoms with van der Waals surface area (Å²) in [6, 6.07) is 12.7. The Kier molecular flexibility index (Phi) is 6.97. The van der Waals surface area contributed by atoms with Crippen LogP contribution >= 0.6 is 23.2 Å². The second kappa shape index (κ2) is 9.60. The van der Waals surface area contributed by atoms with Crippen molar-refractivity contribution in [3.63, 3.8) is 0 Å². The predicted octanol–water partition coefficient (Wildman–Crippen LogP) is 4.65. The van der Waals surface area contributed by atoms with Crippen molar-refractivity contribution in [3.8, 4) is 5.69 Å². The van der Waals surface area contributed by atoms with E-state index < -0.39 is 62.8 Å². The Labute approximate surface area is 221 Å². The van der Waals surface area contributed by atoms with Gasteiger partial charge in [0.2, 0.25) is 0 Å². The summed E-state index contributed by atoms with van der Waals surface area (Å²) in [5.74, 6) is -1.88. The van der Waals surface area contributed by atoms with Gasteiger partial charge < -0.3 is 0 Å². The molecular formula is C23H17Cl2F2N3O5S2. The normalized spacial score (nSPS) is 12.1. The molecule has 3 aromatic carbocycles. The lowest BCUT2D eigenvalue weighted by atomic mass is 10.3. The van der Waals surface area contributed by atoms with E-state index in [9.17, 15) is 30.4 Å². The predicted molar refractivity (Wildman–Crippen MR) is 135 cm³/mol. The fourth-order valence-electron chi connectivity index (χ4n) is 3.60. The molecule has 0 N–H and O–H groups in total. The smallest absolute Gasteiger partial charge is 0.283 e. The van der Waals surface area contributed by atoms with Crippen molar-refractivity contribution >= 4 is 48.9 Å². The molecule has 14 heteroatoms. The van der Waals surface area contributed by atoms with Gasteiger partial charge in [-0.15, -0.1) is 3.71 Å². The molecule has 0 saturated heterocycles. The summed E-state index contributed by atoms with van der Waals surface area (Å²) in [4.78, 5) is 12.2. The number of aromatic nitrogens is 2. The lowest BCUT2D eigenvalue weighted by Gasteiger charge is -2.23. The first-order chi connectivity index (χ1) is 17.3. The Morgan fingerprint density at radius 1 is 0.784 bits per heavy atom. The van der Waals surface area contributed by atoms with Gasteiger partial charge >= 0.3 is 0 Å². The molecule has 1 heterocycles. The third kappa shape index (κ3) is 4.54. The summed E-state index contributed by atoms with van der Waals surface area (Å²) in [7, 11) is -8.81. The molecule has 0 aliphatic rings. The molecule has 0 fully saturated rings. The monoisotopic (exact) mass is 587 g/mol. The number of sulfonamides is 2. The Morgan fingerprint density at radius 2 is 1.24 bits per heavy atom. The zero-order chi connectivity index (χ0) is 27.3. The Bertz CT molecular complexity index is 1720. The zero-order valence-electron chi connectivity index (χ0n) is 19.1. The molecule has 0 atom stereocenters. The molecule has 37 heavy (non-hydrogen) atoms. The third-order valence-corrected chi connectivity index (χ3v) is 10.2. The average molecular weight is 588 g/mol. The van der Waals surface area contributed by atoms with Crippen molar-refractivity contribution in [1.82, 2.24) is 9.36 Å². The Morgan fingerprint density at radius 3 is 1.68 bits per heavy atom.